The first kappa shape index (κ1) is 28.7. The molecule has 0 radical (unpaired) electrons. The van der Waals surface area contributed by atoms with Crippen LogP contribution < -0.4 is 19.1 Å². The van der Waals surface area contributed by atoms with E-state index in [1.54, 1.807) is 63.5 Å². The maximum atomic E-state index is 14.1. The van der Waals surface area contributed by atoms with Crippen LogP contribution in [0.2, 0.25) is 5.02 Å². The smallest absolute Gasteiger partial charge is 0.308 e. The number of esters is 1. The molecule has 0 spiro atoms. The number of halogens is 2. The first-order valence-corrected chi connectivity index (χ1v) is 13.4. The molecule has 3 aromatic carbocycles. The van der Waals surface area contributed by atoms with Gasteiger partial charge < -0.3 is 28.6 Å². The summed E-state index contributed by atoms with van der Waals surface area (Å²) >= 11 is 10.1. The van der Waals surface area contributed by atoms with Gasteiger partial charge in [-0.2, -0.15) is 0 Å². The van der Waals surface area contributed by atoms with E-state index >= 15 is 0 Å². The summed E-state index contributed by atoms with van der Waals surface area (Å²) in [6.07, 6.45) is -2.15. The fourth-order valence-electron chi connectivity index (χ4n) is 4.52. The van der Waals surface area contributed by atoms with Crippen molar-refractivity contribution in [2.45, 2.75) is 32.1 Å². The molecule has 0 N–H and O–H groups in total. The summed E-state index contributed by atoms with van der Waals surface area (Å²) in [6.45, 7) is 2.05. The summed E-state index contributed by atoms with van der Waals surface area (Å²) in [7, 11) is 4.69. The van der Waals surface area contributed by atoms with Crippen molar-refractivity contribution in [3.63, 3.8) is 0 Å². The molecule has 0 aliphatic carbocycles. The number of nitrogens with zero attached hydrogens (tertiary/aromatic N) is 1. The summed E-state index contributed by atoms with van der Waals surface area (Å²) in [5.74, 6) is 0.835. The van der Waals surface area contributed by atoms with Crippen LogP contribution in [-0.4, -0.2) is 45.9 Å². The summed E-state index contributed by atoms with van der Waals surface area (Å²) in [5.41, 5.74) is 2.70. The molecule has 1 aliphatic rings. The van der Waals surface area contributed by atoms with Crippen LogP contribution in [0, 0.1) is 0 Å². The topological polar surface area (TPSA) is 83.5 Å². The van der Waals surface area contributed by atoms with Crippen LogP contribution in [0.4, 0.5) is 5.69 Å². The molecule has 2 atom stereocenters. The minimum Gasteiger partial charge on any atom is -0.497 e. The van der Waals surface area contributed by atoms with Crippen molar-refractivity contribution in [3.8, 4) is 17.2 Å². The third-order valence-electron chi connectivity index (χ3n) is 6.38. The van der Waals surface area contributed by atoms with Crippen molar-refractivity contribution in [1.29, 1.82) is 0 Å². The van der Waals surface area contributed by atoms with Gasteiger partial charge in [0.2, 0.25) is 0 Å². The lowest BCUT2D eigenvalue weighted by molar-refractivity contribution is -0.151. The summed E-state index contributed by atoms with van der Waals surface area (Å²) in [6, 6.07) is 16.2. The van der Waals surface area contributed by atoms with E-state index < -0.39 is 24.1 Å². The number of anilines is 1. The van der Waals surface area contributed by atoms with E-state index in [1.807, 2.05) is 24.3 Å². The molecule has 0 aromatic heterocycles. The molecular formula is C29H29BrClNO7. The first-order valence-electron chi connectivity index (χ1n) is 12.3. The third kappa shape index (κ3) is 6.16. The predicted octanol–water partition coefficient (Wildman–Crippen LogP) is 6.10. The molecular weight excluding hydrogens is 590 g/mol. The van der Waals surface area contributed by atoms with Gasteiger partial charge in [0.15, 0.2) is 0 Å². The molecule has 0 bridgehead atoms. The Morgan fingerprint density at radius 2 is 1.77 bits per heavy atom. The van der Waals surface area contributed by atoms with Crippen LogP contribution in [0.3, 0.4) is 0 Å². The Morgan fingerprint density at radius 1 is 1.00 bits per heavy atom. The van der Waals surface area contributed by atoms with E-state index in [2.05, 4.69) is 15.9 Å². The van der Waals surface area contributed by atoms with Gasteiger partial charge in [0, 0.05) is 27.8 Å². The lowest BCUT2D eigenvalue weighted by Crippen LogP contribution is -2.40. The van der Waals surface area contributed by atoms with Gasteiger partial charge in [-0.3, -0.25) is 9.59 Å². The van der Waals surface area contributed by atoms with Gasteiger partial charge in [-0.1, -0.05) is 23.7 Å². The van der Waals surface area contributed by atoms with E-state index in [9.17, 15) is 9.59 Å². The van der Waals surface area contributed by atoms with Gasteiger partial charge in [-0.25, -0.2) is 0 Å². The standard InChI is InChI=1S/C29H29BrClNO7/c1-5-38-26(33)15-25-29(34)32(16-17-9-11-19(35-2)14-24(17)37-4)22-12-10-18(31)13-21(22)28(39-25)20-7-6-8-23(36-3)27(20)30/h6-14,25,28H,5,15-16H2,1-4H3/t25-,28-/m1/s1. The predicted molar refractivity (Wildman–Crippen MR) is 151 cm³/mol. The highest BCUT2D eigenvalue weighted by Gasteiger charge is 2.39. The Kier molecular flexibility index (Phi) is 9.37. The van der Waals surface area contributed by atoms with Crippen molar-refractivity contribution in [3.05, 3.63) is 80.8 Å². The number of benzene rings is 3. The zero-order chi connectivity index (χ0) is 28.1. The molecule has 4 rings (SSSR count). The van der Waals surface area contributed by atoms with Gasteiger partial charge in [-0.15, -0.1) is 0 Å². The summed E-state index contributed by atoms with van der Waals surface area (Å²) in [5, 5.41) is 0.472. The third-order valence-corrected chi connectivity index (χ3v) is 7.46. The lowest BCUT2D eigenvalue weighted by atomic mass is 9.98. The van der Waals surface area contributed by atoms with Gasteiger partial charge in [-0.05, 0) is 59.3 Å². The minimum absolute atomic E-state index is 0.148. The Balaban J connectivity index is 1.88. The maximum Gasteiger partial charge on any atom is 0.308 e. The second-order valence-corrected chi connectivity index (χ2v) is 9.91. The number of amides is 1. The van der Waals surface area contributed by atoms with Crippen molar-refractivity contribution in [1.82, 2.24) is 0 Å². The molecule has 3 aromatic rings. The van der Waals surface area contributed by atoms with Crippen molar-refractivity contribution in [2.75, 3.05) is 32.8 Å². The van der Waals surface area contributed by atoms with E-state index in [0.717, 1.165) is 5.56 Å². The number of carbonyl (C=O) groups is 2. The Hall–Kier alpha value is -3.27. The highest BCUT2D eigenvalue weighted by Crippen LogP contribution is 2.44. The van der Waals surface area contributed by atoms with E-state index in [4.69, 9.17) is 35.3 Å². The number of ether oxygens (including phenoxy) is 5. The Bertz CT molecular complexity index is 1370. The molecule has 1 amide bonds. The van der Waals surface area contributed by atoms with Gasteiger partial charge in [0.05, 0.1) is 51.1 Å². The Labute approximate surface area is 240 Å². The van der Waals surface area contributed by atoms with Crippen molar-refractivity contribution in [2.24, 2.45) is 0 Å². The van der Waals surface area contributed by atoms with Crippen LogP contribution in [0.5, 0.6) is 17.2 Å². The molecule has 0 saturated heterocycles. The van der Waals surface area contributed by atoms with E-state index in [0.29, 0.717) is 43.6 Å². The lowest BCUT2D eigenvalue weighted by Gasteiger charge is -2.26. The first-order chi connectivity index (χ1) is 18.8. The number of fused-ring (bicyclic) bond motifs is 1. The second kappa shape index (κ2) is 12.7. The average molecular weight is 619 g/mol. The molecule has 0 saturated carbocycles. The van der Waals surface area contributed by atoms with E-state index in [1.165, 1.54) is 0 Å². The van der Waals surface area contributed by atoms with Crippen molar-refractivity contribution < 1.29 is 33.3 Å². The fraction of sp³-hybridized carbons (Fsp3) is 0.310. The molecule has 1 aliphatic heterocycles. The molecule has 1 heterocycles. The van der Waals surface area contributed by atoms with Crippen LogP contribution in [-0.2, 0) is 25.6 Å². The SMILES string of the molecule is CCOC(=O)C[C@H]1O[C@H](c2cccc(OC)c2Br)c2cc(Cl)ccc2N(Cc2ccc(OC)cc2OC)C1=O. The number of carbonyl (C=O) groups excluding carboxylic acids is 2. The minimum atomic E-state index is -1.14. The summed E-state index contributed by atoms with van der Waals surface area (Å²) < 4.78 is 28.7. The number of hydrogen-bond donors (Lipinski definition) is 0. The molecule has 10 heteroatoms. The summed E-state index contributed by atoms with van der Waals surface area (Å²) in [4.78, 5) is 28.3. The average Bonchev–Trinajstić information content (AvgIpc) is 3.04. The quantitative estimate of drug-likeness (QED) is 0.268. The van der Waals surface area contributed by atoms with Crippen LogP contribution >= 0.6 is 27.5 Å². The Morgan fingerprint density at radius 3 is 2.46 bits per heavy atom. The van der Waals surface area contributed by atoms with Crippen LogP contribution in [0.1, 0.15) is 36.1 Å². The number of methoxy groups -OCH3 is 3. The highest BCUT2D eigenvalue weighted by molar-refractivity contribution is 9.10. The monoisotopic (exact) mass is 617 g/mol. The zero-order valence-electron chi connectivity index (χ0n) is 22.0. The van der Waals surface area contributed by atoms with Crippen LogP contribution in [0.25, 0.3) is 0 Å². The zero-order valence-corrected chi connectivity index (χ0v) is 24.4. The molecule has 8 nitrogen and oxygen atoms in total. The maximum absolute atomic E-state index is 14.1. The largest absolute Gasteiger partial charge is 0.497 e. The molecule has 0 fully saturated rings. The second-order valence-electron chi connectivity index (χ2n) is 8.68. The van der Waals surface area contributed by atoms with Gasteiger partial charge in [0.1, 0.15) is 29.5 Å². The molecule has 0 unspecified atom stereocenters. The van der Waals surface area contributed by atoms with Gasteiger partial charge in [0.25, 0.3) is 5.91 Å². The highest BCUT2D eigenvalue weighted by atomic mass is 79.9. The normalized spacial score (nSPS) is 16.8. The van der Waals surface area contributed by atoms with E-state index in [-0.39, 0.29) is 19.6 Å². The molecule has 39 heavy (non-hydrogen) atoms. The van der Waals surface area contributed by atoms with Gasteiger partial charge >= 0.3 is 5.97 Å². The molecule has 206 valence electrons. The number of rotatable bonds is 9. The number of hydrogen-bond acceptors (Lipinski definition) is 7. The van der Waals surface area contributed by atoms with Crippen molar-refractivity contribution >= 4 is 45.1 Å². The van der Waals surface area contributed by atoms with Crippen LogP contribution in [0.15, 0.2) is 59.1 Å². The fourth-order valence-corrected chi connectivity index (χ4v) is 5.34.